The second kappa shape index (κ2) is 9.48. The first-order valence-corrected chi connectivity index (χ1v) is 10.4. The molecule has 1 atom stereocenters. The van der Waals surface area contributed by atoms with Crippen molar-refractivity contribution in [3.05, 3.63) is 59.1 Å². The number of hydrogen-bond acceptors (Lipinski definition) is 4. The normalized spacial score (nSPS) is 16.1. The topological polar surface area (TPSA) is 71.1 Å². The second-order valence-electron chi connectivity index (χ2n) is 8.38. The predicted molar refractivity (Wildman–Crippen MR) is 117 cm³/mol. The Kier molecular flexibility index (Phi) is 7.08. The van der Waals surface area contributed by atoms with Crippen LogP contribution < -0.4 is 15.3 Å². The third kappa shape index (κ3) is 6.75. The molecule has 2 aromatic carbocycles. The van der Waals surface area contributed by atoms with E-state index < -0.39 is 30.1 Å². The van der Waals surface area contributed by atoms with Crippen LogP contribution in [0.2, 0.25) is 5.02 Å². The molecule has 0 radical (unpaired) electrons. The molecule has 1 aliphatic rings. The zero-order valence-corrected chi connectivity index (χ0v) is 18.9. The lowest BCUT2D eigenvalue weighted by Crippen LogP contribution is -2.55. The fourth-order valence-corrected chi connectivity index (χ4v) is 3.56. The number of urea groups is 1. The van der Waals surface area contributed by atoms with Gasteiger partial charge in [-0.2, -0.15) is 9.90 Å². The Morgan fingerprint density at radius 2 is 1.79 bits per heavy atom. The first-order chi connectivity index (χ1) is 15.3. The first-order valence-electron chi connectivity index (χ1n) is 10.0. The number of para-hydroxylation sites is 1. The van der Waals surface area contributed by atoms with Crippen LogP contribution in [-0.4, -0.2) is 36.7 Å². The number of carbonyl (C=O) groups is 2. The van der Waals surface area contributed by atoms with E-state index in [-0.39, 0.29) is 17.3 Å². The number of ether oxygens (including phenoxy) is 1. The lowest BCUT2D eigenvalue weighted by atomic mass is 9.98. The molecule has 0 aromatic heterocycles. The van der Waals surface area contributed by atoms with E-state index in [1.54, 1.807) is 32.9 Å². The van der Waals surface area contributed by atoms with E-state index in [2.05, 4.69) is 10.2 Å². The number of halogens is 4. The monoisotopic (exact) mass is 485 g/mol. The maximum atomic E-state index is 13.3. The van der Waals surface area contributed by atoms with Gasteiger partial charge in [0.1, 0.15) is 5.60 Å². The summed E-state index contributed by atoms with van der Waals surface area (Å²) in [5, 5.41) is 3.22. The number of alkyl carbamates (subject to hydrolysis) is 1. The van der Waals surface area contributed by atoms with Gasteiger partial charge in [-0.1, -0.05) is 29.8 Å². The molecule has 1 aliphatic heterocycles. The van der Waals surface area contributed by atoms with Crippen molar-refractivity contribution in [3.63, 3.8) is 0 Å². The first kappa shape index (κ1) is 24.7. The zero-order chi connectivity index (χ0) is 24.4. The summed E-state index contributed by atoms with van der Waals surface area (Å²) in [5.74, 6) is 0. The lowest BCUT2D eigenvalue weighted by Gasteiger charge is -2.37. The third-order valence-corrected chi connectivity index (χ3v) is 4.75. The molecule has 3 amide bonds. The predicted octanol–water partition coefficient (Wildman–Crippen LogP) is 5.67. The Bertz CT molecular complexity index is 1010. The largest absolute Gasteiger partial charge is 0.544 e. The maximum absolute atomic E-state index is 13.3. The molecule has 1 unspecified atom stereocenters. The SMILES string of the molecule is CC(C)(C)OC(=O)NC1Cc2cc(Cl)ccc2N(C(=O)N(OC(F)(F)F)c2ccccc2)C1. The summed E-state index contributed by atoms with van der Waals surface area (Å²) in [7, 11) is 0. The molecule has 3 rings (SSSR count). The van der Waals surface area contributed by atoms with E-state index in [1.807, 2.05) is 0 Å². The highest BCUT2D eigenvalue weighted by Crippen LogP contribution is 2.33. The van der Waals surface area contributed by atoms with E-state index in [4.69, 9.17) is 16.3 Å². The number of amides is 3. The summed E-state index contributed by atoms with van der Waals surface area (Å²) in [6.07, 6.45) is -5.53. The van der Waals surface area contributed by atoms with Crippen LogP contribution >= 0.6 is 11.6 Å². The number of rotatable bonds is 3. The van der Waals surface area contributed by atoms with Gasteiger partial charge >= 0.3 is 18.5 Å². The minimum atomic E-state index is -5.11. The number of carbonyl (C=O) groups excluding carboxylic acids is 2. The van der Waals surface area contributed by atoms with Crippen molar-refractivity contribution in [2.45, 2.75) is 45.2 Å². The highest BCUT2D eigenvalue weighted by atomic mass is 35.5. The number of alkyl halides is 3. The highest BCUT2D eigenvalue weighted by Gasteiger charge is 2.40. The summed E-state index contributed by atoms with van der Waals surface area (Å²) in [4.78, 5) is 30.8. The molecule has 0 aliphatic carbocycles. The van der Waals surface area contributed by atoms with Crippen molar-refractivity contribution in [3.8, 4) is 0 Å². The maximum Gasteiger partial charge on any atom is 0.544 e. The van der Waals surface area contributed by atoms with Crippen molar-refractivity contribution in [1.29, 1.82) is 0 Å². The summed E-state index contributed by atoms with van der Waals surface area (Å²) >= 11 is 6.09. The molecular formula is C22H23ClF3N3O4. The smallest absolute Gasteiger partial charge is 0.444 e. The molecule has 0 saturated carbocycles. The van der Waals surface area contributed by atoms with E-state index in [0.29, 0.717) is 22.7 Å². The number of nitrogens with one attached hydrogen (secondary N) is 1. The summed E-state index contributed by atoms with van der Waals surface area (Å²) in [6, 6.07) is 10.1. The molecule has 0 spiro atoms. The molecule has 11 heteroatoms. The molecule has 1 heterocycles. The van der Waals surface area contributed by atoms with Crippen molar-refractivity contribution < 1.29 is 32.3 Å². The van der Waals surface area contributed by atoms with Gasteiger partial charge < -0.3 is 10.1 Å². The van der Waals surface area contributed by atoms with Gasteiger partial charge in [-0.3, -0.25) is 4.90 Å². The van der Waals surface area contributed by atoms with Crippen molar-refractivity contribution in [2.75, 3.05) is 16.5 Å². The fourth-order valence-electron chi connectivity index (χ4n) is 3.36. The Morgan fingerprint density at radius 1 is 1.12 bits per heavy atom. The van der Waals surface area contributed by atoms with Gasteiger partial charge in [0.15, 0.2) is 0 Å². The highest BCUT2D eigenvalue weighted by molar-refractivity contribution is 6.30. The Labute approximate surface area is 194 Å². The lowest BCUT2D eigenvalue weighted by molar-refractivity contribution is -0.325. The molecule has 0 bridgehead atoms. The van der Waals surface area contributed by atoms with Gasteiger partial charge in [0.25, 0.3) is 0 Å². The van der Waals surface area contributed by atoms with Crippen LogP contribution in [-0.2, 0) is 16.0 Å². The quantitative estimate of drug-likeness (QED) is 0.568. The molecule has 7 nitrogen and oxygen atoms in total. The Morgan fingerprint density at radius 3 is 2.39 bits per heavy atom. The van der Waals surface area contributed by atoms with Crippen LogP contribution in [0.3, 0.4) is 0 Å². The number of anilines is 2. The molecular weight excluding hydrogens is 463 g/mol. The van der Waals surface area contributed by atoms with Crippen LogP contribution in [0.5, 0.6) is 0 Å². The van der Waals surface area contributed by atoms with Gasteiger partial charge in [0.05, 0.1) is 11.7 Å². The average molecular weight is 486 g/mol. The number of hydroxylamine groups is 1. The van der Waals surface area contributed by atoms with Crippen LogP contribution in [0.15, 0.2) is 48.5 Å². The molecule has 2 aromatic rings. The molecule has 178 valence electrons. The van der Waals surface area contributed by atoms with Crippen molar-refractivity contribution >= 4 is 35.1 Å². The molecule has 0 saturated heterocycles. The number of fused-ring (bicyclic) bond motifs is 1. The second-order valence-corrected chi connectivity index (χ2v) is 8.82. The van der Waals surface area contributed by atoms with Crippen molar-refractivity contribution in [1.82, 2.24) is 5.32 Å². The van der Waals surface area contributed by atoms with E-state index in [9.17, 15) is 22.8 Å². The van der Waals surface area contributed by atoms with Crippen LogP contribution in [0.1, 0.15) is 26.3 Å². The van der Waals surface area contributed by atoms with Gasteiger partial charge in [-0.25, -0.2) is 9.59 Å². The number of benzene rings is 2. The molecule has 33 heavy (non-hydrogen) atoms. The minimum Gasteiger partial charge on any atom is -0.444 e. The van der Waals surface area contributed by atoms with Crippen molar-refractivity contribution in [2.24, 2.45) is 0 Å². The molecule has 0 fully saturated rings. The number of hydrogen-bond donors (Lipinski definition) is 1. The summed E-state index contributed by atoms with van der Waals surface area (Å²) in [6.45, 7) is 4.98. The van der Waals surface area contributed by atoms with Crippen LogP contribution in [0, 0.1) is 0 Å². The molecule has 1 N–H and O–H groups in total. The summed E-state index contributed by atoms with van der Waals surface area (Å²) < 4.78 is 44.7. The third-order valence-electron chi connectivity index (χ3n) is 4.51. The van der Waals surface area contributed by atoms with Crippen LogP contribution in [0.4, 0.5) is 34.1 Å². The average Bonchev–Trinajstić information content (AvgIpc) is 2.69. The zero-order valence-electron chi connectivity index (χ0n) is 18.1. The van der Waals surface area contributed by atoms with E-state index in [1.165, 1.54) is 36.4 Å². The number of nitrogens with zero attached hydrogens (tertiary/aromatic N) is 2. The van der Waals surface area contributed by atoms with Gasteiger partial charge in [-0.15, -0.1) is 13.2 Å². The Balaban J connectivity index is 1.94. The van der Waals surface area contributed by atoms with E-state index in [0.717, 1.165) is 4.90 Å². The van der Waals surface area contributed by atoms with Crippen LogP contribution in [0.25, 0.3) is 0 Å². The van der Waals surface area contributed by atoms with Gasteiger partial charge in [-0.05, 0) is 63.1 Å². The Hall–Kier alpha value is -2.98. The van der Waals surface area contributed by atoms with Gasteiger partial charge in [0.2, 0.25) is 0 Å². The standard InChI is InChI=1S/C22H23ClF3N3O4/c1-21(2,3)32-19(30)27-16-12-14-11-15(23)9-10-18(14)28(13-16)20(31)29(33-22(24,25)26)17-7-5-4-6-8-17/h4-11,16H,12-13H2,1-3H3,(H,27,30). The summed E-state index contributed by atoms with van der Waals surface area (Å²) in [5.41, 5.74) is 0.0687. The van der Waals surface area contributed by atoms with E-state index >= 15 is 0 Å². The fraction of sp³-hybridized carbons (Fsp3) is 0.364. The van der Waals surface area contributed by atoms with Gasteiger partial charge in [0, 0.05) is 17.3 Å². The minimum absolute atomic E-state index is 0.113.